The van der Waals surface area contributed by atoms with Crippen molar-refractivity contribution in [2.24, 2.45) is 0 Å². The van der Waals surface area contributed by atoms with E-state index in [-0.39, 0.29) is 0 Å². The lowest BCUT2D eigenvalue weighted by Gasteiger charge is -2.18. The number of fused-ring (bicyclic) bond motifs is 6. The molecule has 11 aromatic rings. The van der Waals surface area contributed by atoms with E-state index in [1.807, 2.05) is 0 Å². The third-order valence-corrected chi connectivity index (χ3v) is 12.9. The molecule has 3 heteroatoms. The molecule has 2 aliphatic rings. The van der Waals surface area contributed by atoms with Gasteiger partial charge in [-0.3, -0.25) is 0 Å². The molecule has 0 radical (unpaired) electrons. The van der Waals surface area contributed by atoms with Crippen LogP contribution in [0.1, 0.15) is 0 Å². The van der Waals surface area contributed by atoms with Crippen molar-refractivity contribution >= 4 is 81.1 Å². The highest BCUT2D eigenvalue weighted by molar-refractivity contribution is 9.10. The zero-order valence-corrected chi connectivity index (χ0v) is 29.9. The second-order valence-corrected chi connectivity index (χ2v) is 15.3. The molecule has 0 unspecified atom stereocenters. The maximum atomic E-state index is 4.27. The molecule has 2 nitrogen and oxygen atoms in total. The first-order chi connectivity index (χ1) is 26.3. The zero-order chi connectivity index (χ0) is 34.5. The summed E-state index contributed by atoms with van der Waals surface area (Å²) in [5, 5.41) is 10.4. The van der Waals surface area contributed by atoms with Crippen LogP contribution in [0.4, 0.5) is 0 Å². The Morgan fingerprint density at radius 2 is 0.604 bits per heavy atom. The molecular weight excluding hydrogens is 708 g/mol. The number of aromatic nitrogens is 2. The molecule has 0 atom stereocenters. The molecule has 0 saturated heterocycles. The molecule has 244 valence electrons. The monoisotopic (exact) mass is 734 g/mol. The lowest BCUT2D eigenvalue weighted by molar-refractivity contribution is 1.12. The molecule has 2 aliphatic carbocycles. The van der Waals surface area contributed by atoms with Gasteiger partial charge in [-0.2, -0.15) is 0 Å². The highest BCUT2D eigenvalue weighted by Gasteiger charge is 2.28. The molecule has 0 saturated carbocycles. The lowest BCUT2D eigenvalue weighted by atomic mass is 9.93. The van der Waals surface area contributed by atoms with Gasteiger partial charge in [-0.05, 0) is 118 Å². The fourth-order valence-corrected chi connectivity index (χ4v) is 10.6. The van der Waals surface area contributed by atoms with Gasteiger partial charge >= 0.3 is 0 Å². The second-order valence-electron chi connectivity index (χ2n) is 14.5. The molecule has 0 spiro atoms. The summed E-state index contributed by atoms with van der Waals surface area (Å²) < 4.78 is 6.03. The van der Waals surface area contributed by atoms with Crippen molar-refractivity contribution in [2.75, 3.05) is 0 Å². The van der Waals surface area contributed by atoms with E-state index in [1.165, 1.54) is 110 Å². The van der Waals surface area contributed by atoms with Crippen LogP contribution in [0.5, 0.6) is 0 Å². The van der Waals surface area contributed by atoms with Crippen LogP contribution in [0.25, 0.3) is 121 Å². The Bertz CT molecular complexity index is 3240. The molecule has 13 rings (SSSR count). The van der Waals surface area contributed by atoms with Gasteiger partial charge in [0, 0.05) is 21.5 Å². The fraction of sp³-hybridized carbons (Fsp3) is 0. The van der Waals surface area contributed by atoms with Crippen LogP contribution in [0.2, 0.25) is 0 Å². The van der Waals surface area contributed by atoms with E-state index in [2.05, 4.69) is 189 Å². The van der Waals surface area contributed by atoms with Crippen LogP contribution in [0, 0.1) is 0 Å². The summed E-state index contributed by atoms with van der Waals surface area (Å²) in [6, 6.07) is 61.0. The number of nitrogens with zero attached hydrogens (tertiary/aromatic N) is 2. The van der Waals surface area contributed by atoms with E-state index in [4.69, 9.17) is 0 Å². The van der Waals surface area contributed by atoms with E-state index in [0.717, 1.165) is 15.8 Å². The second kappa shape index (κ2) is 9.92. The van der Waals surface area contributed by atoms with Gasteiger partial charge in [-0.25, -0.2) is 0 Å². The van der Waals surface area contributed by atoms with Gasteiger partial charge in [0.25, 0.3) is 0 Å². The van der Waals surface area contributed by atoms with E-state index in [0.29, 0.717) is 0 Å². The van der Waals surface area contributed by atoms with Crippen molar-refractivity contribution in [3.8, 4) is 55.9 Å². The molecule has 2 heterocycles. The van der Waals surface area contributed by atoms with Crippen LogP contribution in [-0.2, 0) is 0 Å². The van der Waals surface area contributed by atoms with E-state index < -0.39 is 0 Å². The maximum Gasteiger partial charge on any atom is 0.0656 e. The number of hydrogen-bond acceptors (Lipinski definition) is 0. The van der Waals surface area contributed by atoms with Crippen LogP contribution in [0.15, 0.2) is 168 Å². The van der Waals surface area contributed by atoms with Gasteiger partial charge in [0.05, 0.1) is 37.9 Å². The van der Waals surface area contributed by atoms with Crippen LogP contribution < -0.4 is 0 Å². The highest BCUT2D eigenvalue weighted by Crippen LogP contribution is 2.52. The van der Waals surface area contributed by atoms with Gasteiger partial charge < -0.3 is 9.13 Å². The number of rotatable bonds is 2. The number of halogens is 1. The summed E-state index contributed by atoms with van der Waals surface area (Å²) in [5.41, 5.74) is 17.4. The topological polar surface area (TPSA) is 9.86 Å². The summed E-state index contributed by atoms with van der Waals surface area (Å²) in [5.74, 6) is 0. The Hall–Kier alpha value is -6.42. The van der Waals surface area contributed by atoms with Crippen LogP contribution >= 0.6 is 15.9 Å². The Balaban J connectivity index is 1.16. The molecule has 2 aromatic heterocycles. The summed E-state index contributed by atoms with van der Waals surface area (Å²) in [4.78, 5) is 0. The number of benzene rings is 9. The lowest BCUT2D eigenvalue weighted by Crippen LogP contribution is -2.01. The average Bonchev–Trinajstić information content (AvgIpc) is 3.65. The molecule has 0 bridgehead atoms. The Morgan fingerprint density at radius 1 is 0.264 bits per heavy atom. The molecule has 0 N–H and O–H groups in total. The van der Waals surface area contributed by atoms with Crippen LogP contribution in [-0.4, -0.2) is 9.13 Å². The Labute approximate surface area is 312 Å². The Kier molecular flexibility index (Phi) is 5.28. The first-order valence-corrected chi connectivity index (χ1v) is 19.0. The van der Waals surface area contributed by atoms with Gasteiger partial charge in [-0.1, -0.05) is 127 Å². The minimum absolute atomic E-state index is 1.06. The third kappa shape index (κ3) is 3.40. The molecule has 9 aromatic carbocycles. The largest absolute Gasteiger partial charge is 0.308 e. The predicted molar refractivity (Wildman–Crippen MR) is 227 cm³/mol. The minimum Gasteiger partial charge on any atom is -0.308 e. The van der Waals surface area contributed by atoms with Crippen molar-refractivity contribution in [1.82, 2.24) is 9.13 Å². The summed E-state index contributed by atoms with van der Waals surface area (Å²) >= 11 is 4.27. The standard InChI is InChI=1S/C50H27BrN2/c51-50-42(52-38-20-7-18-36-32-14-3-1-12-30(32)34-16-5-10-28-24-26-40(52)48(44(28)34)46(36)38)22-9-23-43(50)53-39-21-8-19-37-33-15-4-2-13-31(33)35-17-6-11-29-25-27-41(53)49(45(29)35)47(37)39/h1-27H. The van der Waals surface area contributed by atoms with Crippen molar-refractivity contribution in [3.05, 3.63) is 168 Å². The summed E-state index contributed by atoms with van der Waals surface area (Å²) in [7, 11) is 0. The van der Waals surface area contributed by atoms with E-state index >= 15 is 0 Å². The quantitative estimate of drug-likeness (QED) is 0.167. The van der Waals surface area contributed by atoms with Crippen molar-refractivity contribution in [1.29, 1.82) is 0 Å². The number of hydrogen-bond donors (Lipinski definition) is 0. The normalized spacial score (nSPS) is 12.6. The van der Waals surface area contributed by atoms with Crippen molar-refractivity contribution < 1.29 is 0 Å². The highest BCUT2D eigenvalue weighted by atomic mass is 79.9. The maximum absolute atomic E-state index is 4.27. The van der Waals surface area contributed by atoms with E-state index in [1.54, 1.807) is 0 Å². The van der Waals surface area contributed by atoms with Gasteiger partial charge in [-0.15, -0.1) is 0 Å². The average molecular weight is 736 g/mol. The van der Waals surface area contributed by atoms with Gasteiger partial charge in [0.1, 0.15) is 0 Å². The molecule has 0 fully saturated rings. The SMILES string of the molecule is Brc1c(-n2c3cccc4c3c3c5c(cccc5ccc32)-c2ccccc2-4)cccc1-n1c2cccc3c2c2c4c(cccc4ccc21)-c1ccccc1-3. The smallest absolute Gasteiger partial charge is 0.0656 e. The zero-order valence-electron chi connectivity index (χ0n) is 28.4. The Morgan fingerprint density at radius 3 is 1.04 bits per heavy atom. The minimum atomic E-state index is 1.06. The first kappa shape index (κ1) is 28.2. The first-order valence-electron chi connectivity index (χ1n) is 18.2. The fourth-order valence-electron chi connectivity index (χ4n) is 10.0. The van der Waals surface area contributed by atoms with Crippen molar-refractivity contribution in [2.45, 2.75) is 0 Å². The van der Waals surface area contributed by atoms with Crippen LogP contribution in [0.3, 0.4) is 0 Å². The predicted octanol–water partition coefficient (Wildman–Crippen LogP) is 14.2. The van der Waals surface area contributed by atoms with Gasteiger partial charge in [0.2, 0.25) is 0 Å². The van der Waals surface area contributed by atoms with Crippen molar-refractivity contribution in [3.63, 3.8) is 0 Å². The van der Waals surface area contributed by atoms with Gasteiger partial charge in [0.15, 0.2) is 0 Å². The molecular formula is C50H27BrN2. The summed E-state index contributed by atoms with van der Waals surface area (Å²) in [6.07, 6.45) is 0. The molecule has 53 heavy (non-hydrogen) atoms. The van der Waals surface area contributed by atoms with E-state index in [9.17, 15) is 0 Å². The summed E-state index contributed by atoms with van der Waals surface area (Å²) in [6.45, 7) is 0. The molecule has 0 aliphatic heterocycles. The molecule has 0 amide bonds. The third-order valence-electron chi connectivity index (χ3n) is 12.1.